The monoisotopic (exact) mass is 447 g/mol. The average molecular weight is 448 g/mol. The molecule has 6 heteroatoms. The second-order valence-electron chi connectivity index (χ2n) is 10.2. The van der Waals surface area contributed by atoms with Crippen molar-refractivity contribution in [2.75, 3.05) is 26.2 Å². The van der Waals surface area contributed by atoms with Crippen LogP contribution >= 0.6 is 0 Å². The van der Waals surface area contributed by atoms with Crippen molar-refractivity contribution in [3.63, 3.8) is 0 Å². The van der Waals surface area contributed by atoms with Crippen LogP contribution in [-0.4, -0.2) is 47.9 Å². The van der Waals surface area contributed by atoms with E-state index in [1.54, 1.807) is 11.6 Å². The van der Waals surface area contributed by atoms with E-state index in [1.165, 1.54) is 48.3 Å². The highest BCUT2D eigenvalue weighted by Crippen LogP contribution is 2.46. The summed E-state index contributed by atoms with van der Waals surface area (Å²) >= 11 is 0. The number of hydrogen-bond donors (Lipinski definition) is 1. The molecule has 2 fully saturated rings. The third-order valence-electron chi connectivity index (χ3n) is 8.60. The predicted molar refractivity (Wildman–Crippen MR) is 123 cm³/mol. The molecule has 6 rings (SSSR count). The highest BCUT2D eigenvalue weighted by Gasteiger charge is 2.55. The lowest BCUT2D eigenvalue weighted by molar-refractivity contribution is -0.131. The van der Waals surface area contributed by atoms with E-state index in [0.717, 1.165) is 37.2 Å². The van der Waals surface area contributed by atoms with E-state index in [1.807, 2.05) is 0 Å². The molecule has 0 radical (unpaired) electrons. The largest absolute Gasteiger partial charge is 0.325 e. The maximum Gasteiger partial charge on any atom is 0.325 e. The first-order chi connectivity index (χ1) is 16.0. The molecule has 2 saturated heterocycles. The van der Waals surface area contributed by atoms with Crippen molar-refractivity contribution >= 4 is 11.9 Å². The van der Waals surface area contributed by atoms with E-state index in [-0.39, 0.29) is 17.8 Å². The SMILES string of the molecule is O=C1NC2(CCc3cc(F)ccc32)C(=O)N1CCCN1CCC2(CCc3ccccc32)CC1. The van der Waals surface area contributed by atoms with E-state index < -0.39 is 5.54 Å². The molecule has 5 nitrogen and oxygen atoms in total. The van der Waals surface area contributed by atoms with Crippen molar-refractivity contribution in [1.82, 2.24) is 15.1 Å². The Morgan fingerprint density at radius 1 is 0.879 bits per heavy atom. The molecule has 0 bridgehead atoms. The van der Waals surface area contributed by atoms with Gasteiger partial charge >= 0.3 is 6.03 Å². The van der Waals surface area contributed by atoms with Crippen LogP contribution < -0.4 is 5.32 Å². The van der Waals surface area contributed by atoms with Gasteiger partial charge in [-0.25, -0.2) is 9.18 Å². The number of amides is 3. The smallest absolute Gasteiger partial charge is 0.319 e. The topological polar surface area (TPSA) is 52.7 Å². The van der Waals surface area contributed by atoms with Gasteiger partial charge in [0.15, 0.2) is 0 Å². The molecule has 1 atom stereocenters. The third-order valence-corrected chi connectivity index (χ3v) is 8.60. The van der Waals surface area contributed by atoms with Gasteiger partial charge in [0.1, 0.15) is 11.4 Å². The molecule has 2 aliphatic heterocycles. The number of benzene rings is 2. The summed E-state index contributed by atoms with van der Waals surface area (Å²) in [4.78, 5) is 29.8. The number of halogens is 1. The van der Waals surface area contributed by atoms with Crippen LogP contribution in [-0.2, 0) is 28.6 Å². The maximum atomic E-state index is 13.6. The van der Waals surface area contributed by atoms with Gasteiger partial charge in [-0.3, -0.25) is 9.69 Å². The summed E-state index contributed by atoms with van der Waals surface area (Å²) in [6, 6.07) is 13.1. The van der Waals surface area contributed by atoms with Crippen LogP contribution in [0.1, 0.15) is 54.4 Å². The van der Waals surface area contributed by atoms with Crippen molar-refractivity contribution in [3.05, 3.63) is 70.5 Å². The Labute approximate surface area is 193 Å². The van der Waals surface area contributed by atoms with Gasteiger partial charge < -0.3 is 10.2 Å². The molecule has 4 aliphatic rings. The van der Waals surface area contributed by atoms with Gasteiger partial charge in [0.05, 0.1) is 0 Å². The summed E-state index contributed by atoms with van der Waals surface area (Å²) in [6.07, 6.45) is 6.70. The molecule has 2 aromatic carbocycles. The molecule has 2 spiro atoms. The maximum absolute atomic E-state index is 13.6. The van der Waals surface area contributed by atoms with Crippen LogP contribution in [0, 0.1) is 5.82 Å². The fourth-order valence-electron chi connectivity index (χ4n) is 6.76. The number of carbonyl (C=O) groups is 2. The minimum absolute atomic E-state index is 0.182. The van der Waals surface area contributed by atoms with Gasteiger partial charge in [-0.05, 0) is 104 Å². The summed E-state index contributed by atoms with van der Waals surface area (Å²) in [6.45, 7) is 3.45. The molecule has 1 N–H and O–H groups in total. The van der Waals surface area contributed by atoms with Gasteiger partial charge in [0.2, 0.25) is 0 Å². The number of piperidine rings is 1. The van der Waals surface area contributed by atoms with Gasteiger partial charge in [-0.2, -0.15) is 0 Å². The fourth-order valence-corrected chi connectivity index (χ4v) is 6.76. The summed E-state index contributed by atoms with van der Waals surface area (Å²) in [5, 5.41) is 2.94. The molecule has 172 valence electrons. The Kier molecular flexibility index (Phi) is 4.84. The molecule has 3 amide bonds. The molecule has 0 saturated carbocycles. The van der Waals surface area contributed by atoms with Crippen molar-refractivity contribution < 1.29 is 14.0 Å². The lowest BCUT2D eigenvalue weighted by Gasteiger charge is -2.40. The lowest BCUT2D eigenvalue weighted by atomic mass is 9.74. The molecule has 1 unspecified atom stereocenters. The molecule has 0 aromatic heterocycles. The van der Waals surface area contributed by atoms with Crippen molar-refractivity contribution in [2.45, 2.75) is 55.9 Å². The number of aryl methyl sites for hydroxylation is 2. The summed E-state index contributed by atoms with van der Waals surface area (Å²) in [5.41, 5.74) is 4.00. The number of carbonyl (C=O) groups excluding carboxylic acids is 2. The van der Waals surface area contributed by atoms with E-state index >= 15 is 0 Å². The zero-order chi connectivity index (χ0) is 22.6. The molecule has 2 aliphatic carbocycles. The Bertz CT molecular complexity index is 1120. The van der Waals surface area contributed by atoms with Crippen molar-refractivity contribution in [3.8, 4) is 0 Å². The zero-order valence-electron chi connectivity index (χ0n) is 18.9. The normalized spacial score (nSPS) is 25.7. The van der Waals surface area contributed by atoms with Crippen LogP contribution in [0.25, 0.3) is 0 Å². The second kappa shape index (κ2) is 7.66. The highest BCUT2D eigenvalue weighted by molar-refractivity contribution is 6.08. The Balaban J connectivity index is 1.06. The number of likely N-dealkylation sites (tertiary alicyclic amines) is 1. The minimum atomic E-state index is -1.01. The van der Waals surface area contributed by atoms with E-state index in [2.05, 4.69) is 34.5 Å². The van der Waals surface area contributed by atoms with Crippen LogP contribution in [0.5, 0.6) is 0 Å². The average Bonchev–Trinajstić information content (AvgIpc) is 3.44. The predicted octanol–water partition coefficient (Wildman–Crippen LogP) is 3.89. The number of rotatable bonds is 4. The molecular weight excluding hydrogens is 417 g/mol. The molecule has 33 heavy (non-hydrogen) atoms. The van der Waals surface area contributed by atoms with Crippen molar-refractivity contribution in [1.29, 1.82) is 0 Å². The van der Waals surface area contributed by atoms with Gasteiger partial charge in [0, 0.05) is 6.54 Å². The van der Waals surface area contributed by atoms with Crippen LogP contribution in [0.4, 0.5) is 9.18 Å². The number of hydrogen-bond acceptors (Lipinski definition) is 3. The molecular formula is C27H30FN3O2. The Morgan fingerprint density at radius 3 is 2.52 bits per heavy atom. The number of urea groups is 1. The Morgan fingerprint density at radius 2 is 1.67 bits per heavy atom. The minimum Gasteiger partial charge on any atom is -0.319 e. The summed E-state index contributed by atoms with van der Waals surface area (Å²) < 4.78 is 13.6. The number of nitrogens with one attached hydrogen (secondary N) is 1. The van der Waals surface area contributed by atoms with Crippen LogP contribution in [0.15, 0.2) is 42.5 Å². The molecule has 2 aromatic rings. The first kappa shape index (κ1) is 20.8. The fraction of sp³-hybridized carbons (Fsp3) is 0.481. The van der Waals surface area contributed by atoms with Crippen LogP contribution in [0.3, 0.4) is 0 Å². The standard InChI is InChI=1S/C27H30FN3O2/c28-21-6-7-23-20(18-21)9-11-27(23)24(32)31(25(33)29-27)15-3-14-30-16-12-26(13-17-30)10-8-19-4-1-2-5-22(19)26/h1-2,4-7,18H,3,8-17H2,(H,29,33). The number of fused-ring (bicyclic) bond motifs is 4. The zero-order valence-corrected chi connectivity index (χ0v) is 18.9. The van der Waals surface area contributed by atoms with E-state index in [0.29, 0.717) is 24.8 Å². The highest BCUT2D eigenvalue weighted by atomic mass is 19.1. The van der Waals surface area contributed by atoms with E-state index in [4.69, 9.17) is 0 Å². The van der Waals surface area contributed by atoms with Gasteiger partial charge in [0.25, 0.3) is 5.91 Å². The number of imide groups is 1. The first-order valence-electron chi connectivity index (χ1n) is 12.2. The van der Waals surface area contributed by atoms with Crippen molar-refractivity contribution in [2.24, 2.45) is 0 Å². The quantitative estimate of drug-likeness (QED) is 0.724. The summed E-state index contributed by atoms with van der Waals surface area (Å²) in [7, 11) is 0. The summed E-state index contributed by atoms with van der Waals surface area (Å²) in [5.74, 6) is -0.484. The third kappa shape index (κ3) is 3.22. The number of nitrogens with zero attached hydrogens (tertiary/aromatic N) is 2. The second-order valence-corrected chi connectivity index (χ2v) is 10.2. The first-order valence-corrected chi connectivity index (χ1v) is 12.2. The lowest BCUT2D eigenvalue weighted by Crippen LogP contribution is -2.43. The van der Waals surface area contributed by atoms with Gasteiger partial charge in [-0.15, -0.1) is 0 Å². The van der Waals surface area contributed by atoms with E-state index in [9.17, 15) is 14.0 Å². The molecule has 2 heterocycles. The van der Waals surface area contributed by atoms with Crippen LogP contribution in [0.2, 0.25) is 0 Å². The van der Waals surface area contributed by atoms with Gasteiger partial charge in [-0.1, -0.05) is 30.3 Å². The Hall–Kier alpha value is -2.73.